The van der Waals surface area contributed by atoms with E-state index in [-0.39, 0.29) is 13.0 Å². The van der Waals surface area contributed by atoms with Gasteiger partial charge in [-0.3, -0.25) is 9.69 Å². The molecule has 0 aromatic heterocycles. The second-order valence-electron chi connectivity index (χ2n) is 11.3. The van der Waals surface area contributed by atoms with Crippen LogP contribution in [0.15, 0.2) is 24.3 Å². The number of fused-ring (bicyclic) bond motifs is 1. The third-order valence-corrected chi connectivity index (χ3v) is 6.16. The summed E-state index contributed by atoms with van der Waals surface area (Å²) in [6.07, 6.45) is -1.83. The van der Waals surface area contributed by atoms with E-state index in [2.05, 4.69) is 5.32 Å². The summed E-state index contributed by atoms with van der Waals surface area (Å²) in [7, 11) is 1.24. The molecule has 2 aliphatic rings. The molecule has 0 radical (unpaired) electrons. The summed E-state index contributed by atoms with van der Waals surface area (Å²) in [5, 5.41) is 2.66. The van der Waals surface area contributed by atoms with Crippen molar-refractivity contribution in [1.82, 2.24) is 15.1 Å². The minimum absolute atomic E-state index is 0.00765. The molecule has 3 atom stereocenters. The Morgan fingerprint density at radius 3 is 2.08 bits per heavy atom. The number of carbonyl (C=O) groups is 4. The lowest BCUT2D eigenvalue weighted by Crippen LogP contribution is -2.57. The van der Waals surface area contributed by atoms with Crippen molar-refractivity contribution in [2.24, 2.45) is 5.41 Å². The Bertz CT molecular complexity index is 987. The van der Waals surface area contributed by atoms with Gasteiger partial charge in [0.05, 0.1) is 13.7 Å². The highest BCUT2D eigenvalue weighted by atomic mass is 16.6. The number of alkyl carbamates (subject to hydrolysis) is 1. The van der Waals surface area contributed by atoms with Crippen molar-refractivity contribution in [3.63, 3.8) is 0 Å². The Morgan fingerprint density at radius 1 is 1.00 bits per heavy atom. The molecule has 1 aromatic rings. The number of benzene rings is 1. The standard InChI is InChI=1S/C26H37N3O7/c1-25(2,3)20(27-23(32)36-26(4,5)6)21(30)29-15-18(12-19(29)22(31)34-7)35-24(33)28-13-16-10-8-9-11-17(16)14-28/h8-11,18-20H,12-15H2,1-7H3,(H,27,32)/t18-,19+,20-/m1/s1. The zero-order chi connectivity index (χ0) is 26.8. The molecule has 0 spiro atoms. The van der Waals surface area contributed by atoms with Crippen molar-refractivity contribution in [3.8, 4) is 0 Å². The second-order valence-corrected chi connectivity index (χ2v) is 11.3. The minimum atomic E-state index is -0.984. The molecule has 10 nitrogen and oxygen atoms in total. The van der Waals surface area contributed by atoms with E-state index >= 15 is 0 Å². The molecule has 0 unspecified atom stereocenters. The summed E-state index contributed by atoms with van der Waals surface area (Å²) in [6, 6.07) is 5.85. The summed E-state index contributed by atoms with van der Waals surface area (Å²) >= 11 is 0. The smallest absolute Gasteiger partial charge is 0.410 e. The molecular formula is C26H37N3O7. The van der Waals surface area contributed by atoms with E-state index in [1.54, 1.807) is 46.4 Å². The first-order chi connectivity index (χ1) is 16.7. The third-order valence-electron chi connectivity index (χ3n) is 6.16. The Hall–Kier alpha value is -3.30. The van der Waals surface area contributed by atoms with Crippen LogP contribution in [0.4, 0.5) is 9.59 Å². The summed E-state index contributed by atoms with van der Waals surface area (Å²) in [5.74, 6) is -1.09. The molecule has 2 aliphatic heterocycles. The number of nitrogens with zero attached hydrogens (tertiary/aromatic N) is 2. The fraction of sp³-hybridized carbons (Fsp3) is 0.615. The van der Waals surface area contributed by atoms with Crippen molar-refractivity contribution in [2.45, 2.75) is 84.8 Å². The average Bonchev–Trinajstić information content (AvgIpc) is 3.39. The summed E-state index contributed by atoms with van der Waals surface area (Å²) in [5.41, 5.74) is 0.689. The highest BCUT2D eigenvalue weighted by Crippen LogP contribution is 2.29. The van der Waals surface area contributed by atoms with Gasteiger partial charge in [-0.15, -0.1) is 0 Å². The SMILES string of the molecule is COC(=O)[C@@H]1C[C@@H](OC(=O)N2Cc3ccccc3C2)CN1C(=O)[C@@H](NC(=O)OC(C)(C)C)C(C)(C)C. The van der Waals surface area contributed by atoms with Gasteiger partial charge in [0, 0.05) is 19.5 Å². The summed E-state index contributed by atoms with van der Waals surface area (Å²) < 4.78 is 16.0. The van der Waals surface area contributed by atoms with Crippen LogP contribution in [0.3, 0.4) is 0 Å². The zero-order valence-electron chi connectivity index (χ0n) is 22.1. The van der Waals surface area contributed by atoms with Crippen molar-refractivity contribution in [1.29, 1.82) is 0 Å². The van der Waals surface area contributed by atoms with Crippen molar-refractivity contribution < 1.29 is 33.4 Å². The normalized spacial score (nSPS) is 20.4. The minimum Gasteiger partial charge on any atom is -0.467 e. The highest BCUT2D eigenvalue weighted by Gasteiger charge is 2.47. The lowest BCUT2D eigenvalue weighted by atomic mass is 9.85. The zero-order valence-corrected chi connectivity index (χ0v) is 22.1. The first-order valence-corrected chi connectivity index (χ1v) is 12.1. The number of hydrogen-bond acceptors (Lipinski definition) is 7. The van der Waals surface area contributed by atoms with Crippen molar-refractivity contribution in [3.05, 3.63) is 35.4 Å². The molecule has 10 heteroatoms. The maximum absolute atomic E-state index is 13.7. The second kappa shape index (κ2) is 10.4. The Morgan fingerprint density at radius 2 is 1.58 bits per heavy atom. The Balaban J connectivity index is 1.73. The van der Waals surface area contributed by atoms with Gasteiger partial charge in [-0.1, -0.05) is 45.0 Å². The molecule has 0 aliphatic carbocycles. The van der Waals surface area contributed by atoms with Gasteiger partial charge < -0.3 is 24.4 Å². The molecule has 198 valence electrons. The van der Waals surface area contributed by atoms with E-state index in [1.165, 1.54) is 12.0 Å². The quantitative estimate of drug-likeness (QED) is 0.496. The van der Waals surface area contributed by atoms with Crippen molar-refractivity contribution in [2.75, 3.05) is 13.7 Å². The average molecular weight is 504 g/mol. The van der Waals surface area contributed by atoms with Crippen LogP contribution in [-0.4, -0.2) is 71.3 Å². The van der Waals surface area contributed by atoms with Crippen LogP contribution < -0.4 is 5.32 Å². The van der Waals surface area contributed by atoms with Crippen molar-refractivity contribution >= 4 is 24.1 Å². The number of likely N-dealkylation sites (tertiary alicyclic amines) is 1. The fourth-order valence-corrected chi connectivity index (χ4v) is 4.41. The number of ether oxygens (including phenoxy) is 3. The van der Waals surface area contributed by atoms with Gasteiger partial charge in [-0.2, -0.15) is 0 Å². The fourth-order valence-electron chi connectivity index (χ4n) is 4.41. The molecule has 0 saturated carbocycles. The maximum atomic E-state index is 13.7. The Labute approximate surface area is 212 Å². The van der Waals surface area contributed by atoms with Gasteiger partial charge in [0.15, 0.2) is 0 Å². The predicted octanol–water partition coefficient (Wildman–Crippen LogP) is 3.22. The van der Waals surface area contributed by atoms with E-state index in [0.717, 1.165) is 11.1 Å². The third kappa shape index (κ3) is 6.47. The molecule has 3 rings (SSSR count). The lowest BCUT2D eigenvalue weighted by molar-refractivity contribution is -0.152. The first-order valence-electron chi connectivity index (χ1n) is 12.1. The van der Waals surface area contributed by atoms with E-state index in [4.69, 9.17) is 14.2 Å². The van der Waals surface area contributed by atoms with Crippen LogP contribution in [0.5, 0.6) is 0 Å². The number of carbonyl (C=O) groups excluding carboxylic acids is 4. The lowest BCUT2D eigenvalue weighted by Gasteiger charge is -2.35. The molecule has 1 aromatic carbocycles. The van der Waals surface area contributed by atoms with Crippen LogP contribution in [0.2, 0.25) is 0 Å². The van der Waals surface area contributed by atoms with Gasteiger partial charge in [0.25, 0.3) is 0 Å². The summed E-state index contributed by atoms with van der Waals surface area (Å²) in [4.78, 5) is 54.5. The Kier molecular flexibility index (Phi) is 7.85. The van der Waals surface area contributed by atoms with E-state index < -0.39 is 53.3 Å². The summed E-state index contributed by atoms with van der Waals surface area (Å²) in [6.45, 7) is 11.5. The monoisotopic (exact) mass is 503 g/mol. The number of amides is 3. The molecule has 2 heterocycles. The van der Waals surface area contributed by atoms with Crippen LogP contribution in [0.1, 0.15) is 59.1 Å². The number of methoxy groups -OCH3 is 1. The van der Waals surface area contributed by atoms with Crippen LogP contribution in [0, 0.1) is 5.41 Å². The number of nitrogens with one attached hydrogen (secondary N) is 1. The number of rotatable bonds is 4. The highest BCUT2D eigenvalue weighted by molar-refractivity contribution is 5.91. The molecule has 1 saturated heterocycles. The molecular weight excluding hydrogens is 466 g/mol. The topological polar surface area (TPSA) is 114 Å². The predicted molar refractivity (Wildman–Crippen MR) is 131 cm³/mol. The van der Waals surface area contributed by atoms with Crippen LogP contribution >= 0.6 is 0 Å². The van der Waals surface area contributed by atoms with E-state index in [0.29, 0.717) is 13.1 Å². The largest absolute Gasteiger partial charge is 0.467 e. The van der Waals surface area contributed by atoms with E-state index in [1.807, 2.05) is 24.3 Å². The van der Waals surface area contributed by atoms with Gasteiger partial charge in [-0.25, -0.2) is 14.4 Å². The van der Waals surface area contributed by atoms with Gasteiger partial charge in [0.1, 0.15) is 23.8 Å². The number of esters is 1. The van der Waals surface area contributed by atoms with Gasteiger partial charge >= 0.3 is 18.2 Å². The molecule has 0 bridgehead atoms. The number of hydrogen-bond donors (Lipinski definition) is 1. The maximum Gasteiger partial charge on any atom is 0.410 e. The van der Waals surface area contributed by atoms with Crippen LogP contribution in [0.25, 0.3) is 0 Å². The first kappa shape index (κ1) is 27.3. The molecule has 36 heavy (non-hydrogen) atoms. The van der Waals surface area contributed by atoms with Gasteiger partial charge in [0.2, 0.25) is 5.91 Å². The van der Waals surface area contributed by atoms with Crippen LogP contribution in [-0.2, 0) is 36.9 Å². The van der Waals surface area contributed by atoms with E-state index in [9.17, 15) is 19.2 Å². The molecule has 1 fully saturated rings. The van der Waals surface area contributed by atoms with Gasteiger partial charge in [-0.05, 0) is 37.3 Å². The molecule has 3 amide bonds. The molecule has 1 N–H and O–H groups in total.